The Labute approximate surface area is 159 Å². The second-order valence-electron chi connectivity index (χ2n) is 7.95. The van der Waals surface area contributed by atoms with Crippen molar-refractivity contribution < 1.29 is 4.79 Å². The van der Waals surface area contributed by atoms with E-state index < -0.39 is 0 Å². The standard InChI is InChI=1S/C19H27N5OS/c1-14-15(26-17(22-14)16-20-7-5-8-21-16)18(25)24-12-10-23(11-13-24)9-6-19(2,3)4/h5,7-8H,6,9-13H2,1-4H3. The van der Waals surface area contributed by atoms with Gasteiger partial charge in [0.25, 0.3) is 5.91 Å². The minimum absolute atomic E-state index is 0.0812. The summed E-state index contributed by atoms with van der Waals surface area (Å²) in [5.74, 6) is 0.657. The van der Waals surface area contributed by atoms with Crippen LogP contribution in [0.3, 0.4) is 0 Å². The highest BCUT2D eigenvalue weighted by Crippen LogP contribution is 2.27. The molecule has 1 amide bonds. The van der Waals surface area contributed by atoms with Crippen molar-refractivity contribution in [3.05, 3.63) is 29.0 Å². The van der Waals surface area contributed by atoms with Gasteiger partial charge in [-0.25, -0.2) is 15.0 Å². The fourth-order valence-electron chi connectivity index (χ4n) is 2.91. The van der Waals surface area contributed by atoms with Crippen LogP contribution < -0.4 is 0 Å². The third kappa shape index (κ3) is 4.65. The van der Waals surface area contributed by atoms with Crippen LogP contribution in [-0.2, 0) is 0 Å². The lowest BCUT2D eigenvalue weighted by molar-refractivity contribution is 0.0627. The number of rotatable bonds is 4. The number of thiazole rings is 1. The molecule has 0 bridgehead atoms. The number of aromatic nitrogens is 3. The molecule has 1 aliphatic rings. The lowest BCUT2D eigenvalue weighted by atomic mass is 9.92. The average molecular weight is 374 g/mol. The van der Waals surface area contributed by atoms with E-state index in [0.717, 1.165) is 38.4 Å². The van der Waals surface area contributed by atoms with Crippen molar-refractivity contribution in [2.75, 3.05) is 32.7 Å². The van der Waals surface area contributed by atoms with Crippen molar-refractivity contribution in [2.24, 2.45) is 5.41 Å². The van der Waals surface area contributed by atoms with E-state index in [1.807, 2.05) is 11.8 Å². The van der Waals surface area contributed by atoms with Gasteiger partial charge in [0.15, 0.2) is 10.8 Å². The van der Waals surface area contributed by atoms with E-state index in [4.69, 9.17) is 0 Å². The Balaban J connectivity index is 1.62. The highest BCUT2D eigenvalue weighted by molar-refractivity contribution is 7.17. The van der Waals surface area contributed by atoms with Crippen LogP contribution in [0.25, 0.3) is 10.8 Å². The van der Waals surface area contributed by atoms with Crippen LogP contribution >= 0.6 is 11.3 Å². The maximum atomic E-state index is 12.9. The molecule has 0 N–H and O–H groups in total. The van der Waals surface area contributed by atoms with E-state index >= 15 is 0 Å². The van der Waals surface area contributed by atoms with Crippen molar-refractivity contribution >= 4 is 17.2 Å². The van der Waals surface area contributed by atoms with Gasteiger partial charge in [-0.05, 0) is 31.4 Å². The lowest BCUT2D eigenvalue weighted by Crippen LogP contribution is -2.49. The number of nitrogens with zero attached hydrogens (tertiary/aromatic N) is 5. The predicted molar refractivity (Wildman–Crippen MR) is 104 cm³/mol. The fraction of sp³-hybridized carbons (Fsp3) is 0.579. The first-order valence-electron chi connectivity index (χ1n) is 9.10. The predicted octanol–water partition coefficient (Wildman–Crippen LogP) is 3.10. The van der Waals surface area contributed by atoms with Crippen molar-refractivity contribution in [3.63, 3.8) is 0 Å². The summed E-state index contributed by atoms with van der Waals surface area (Å²) in [6.45, 7) is 13.2. The van der Waals surface area contributed by atoms with Crippen molar-refractivity contribution in [2.45, 2.75) is 34.1 Å². The summed E-state index contributed by atoms with van der Waals surface area (Å²) in [6, 6.07) is 1.77. The van der Waals surface area contributed by atoms with Crippen molar-refractivity contribution in [1.29, 1.82) is 0 Å². The van der Waals surface area contributed by atoms with Crippen LogP contribution in [0.5, 0.6) is 0 Å². The van der Waals surface area contributed by atoms with Crippen molar-refractivity contribution in [3.8, 4) is 10.8 Å². The topological polar surface area (TPSA) is 62.2 Å². The fourth-order valence-corrected chi connectivity index (χ4v) is 3.89. The first-order chi connectivity index (χ1) is 12.3. The van der Waals surface area contributed by atoms with E-state index in [-0.39, 0.29) is 5.91 Å². The van der Waals surface area contributed by atoms with Crippen LogP contribution in [0.4, 0.5) is 0 Å². The molecule has 0 unspecified atom stereocenters. The van der Waals surface area contributed by atoms with Crippen LogP contribution in [0.2, 0.25) is 0 Å². The van der Waals surface area contributed by atoms with E-state index in [9.17, 15) is 4.79 Å². The zero-order chi connectivity index (χ0) is 18.7. The Morgan fingerprint density at radius 3 is 2.42 bits per heavy atom. The maximum Gasteiger partial charge on any atom is 0.265 e. The van der Waals surface area contributed by atoms with Crippen molar-refractivity contribution in [1.82, 2.24) is 24.8 Å². The first kappa shape index (κ1) is 18.9. The summed E-state index contributed by atoms with van der Waals surface area (Å²) in [5.41, 5.74) is 1.11. The van der Waals surface area contributed by atoms with E-state index in [1.54, 1.807) is 18.5 Å². The molecule has 1 aliphatic heterocycles. The number of hydrogen-bond acceptors (Lipinski definition) is 6. The first-order valence-corrected chi connectivity index (χ1v) is 9.91. The van der Waals surface area contributed by atoms with Gasteiger partial charge in [-0.2, -0.15) is 0 Å². The van der Waals surface area contributed by atoms with E-state index in [1.165, 1.54) is 17.8 Å². The second kappa shape index (κ2) is 7.80. The Bertz CT molecular complexity index is 745. The summed E-state index contributed by atoms with van der Waals surface area (Å²) in [5, 5.41) is 0.704. The molecule has 0 saturated carbocycles. The third-order valence-electron chi connectivity index (χ3n) is 4.59. The molecule has 1 saturated heterocycles. The molecule has 7 heteroatoms. The quantitative estimate of drug-likeness (QED) is 0.824. The molecule has 140 valence electrons. The molecule has 6 nitrogen and oxygen atoms in total. The second-order valence-corrected chi connectivity index (χ2v) is 8.95. The Kier molecular flexibility index (Phi) is 5.67. The number of amides is 1. The van der Waals surface area contributed by atoms with Crippen LogP contribution in [0.1, 0.15) is 42.6 Å². The number of piperazine rings is 1. The van der Waals surface area contributed by atoms with Gasteiger partial charge in [-0.3, -0.25) is 9.69 Å². The number of carbonyl (C=O) groups excluding carboxylic acids is 1. The van der Waals surface area contributed by atoms with Gasteiger partial charge in [0, 0.05) is 38.6 Å². The number of aryl methyl sites for hydroxylation is 1. The summed E-state index contributed by atoms with van der Waals surface area (Å²) in [4.78, 5) is 31.0. The third-order valence-corrected chi connectivity index (χ3v) is 5.73. The molecule has 0 aliphatic carbocycles. The summed E-state index contributed by atoms with van der Waals surface area (Å²) < 4.78 is 0. The van der Waals surface area contributed by atoms with Gasteiger partial charge < -0.3 is 4.90 Å². The highest BCUT2D eigenvalue weighted by Gasteiger charge is 2.26. The Morgan fingerprint density at radius 1 is 1.15 bits per heavy atom. The Hall–Kier alpha value is -1.86. The van der Waals surface area contributed by atoms with Gasteiger partial charge in [0.05, 0.1) is 5.69 Å². The molecule has 3 heterocycles. The SMILES string of the molecule is Cc1nc(-c2ncccn2)sc1C(=O)N1CCN(CCC(C)(C)C)CC1. The summed E-state index contributed by atoms with van der Waals surface area (Å²) in [6.07, 6.45) is 4.56. The summed E-state index contributed by atoms with van der Waals surface area (Å²) >= 11 is 1.39. The molecule has 0 spiro atoms. The minimum atomic E-state index is 0.0812. The number of hydrogen-bond donors (Lipinski definition) is 0. The molecular formula is C19H27N5OS. The van der Waals surface area contributed by atoms with Crippen LogP contribution in [-0.4, -0.2) is 63.4 Å². The summed E-state index contributed by atoms with van der Waals surface area (Å²) in [7, 11) is 0. The van der Waals surface area contributed by atoms with Gasteiger partial charge in [-0.1, -0.05) is 20.8 Å². The highest BCUT2D eigenvalue weighted by atomic mass is 32.1. The Morgan fingerprint density at radius 2 is 1.81 bits per heavy atom. The van der Waals surface area contributed by atoms with Crippen LogP contribution in [0, 0.1) is 12.3 Å². The largest absolute Gasteiger partial charge is 0.335 e. The molecule has 0 aromatic carbocycles. The minimum Gasteiger partial charge on any atom is -0.335 e. The molecule has 3 rings (SSSR count). The normalized spacial score (nSPS) is 16.1. The van der Waals surface area contributed by atoms with Crippen LogP contribution in [0.15, 0.2) is 18.5 Å². The van der Waals surface area contributed by atoms with Gasteiger partial charge >= 0.3 is 0 Å². The molecule has 26 heavy (non-hydrogen) atoms. The molecule has 0 atom stereocenters. The molecule has 1 fully saturated rings. The zero-order valence-electron chi connectivity index (χ0n) is 16.0. The van der Waals surface area contributed by atoms with E-state index in [2.05, 4.69) is 40.6 Å². The van der Waals surface area contributed by atoms with E-state index in [0.29, 0.717) is 21.1 Å². The smallest absolute Gasteiger partial charge is 0.265 e. The maximum absolute atomic E-state index is 12.9. The zero-order valence-corrected chi connectivity index (χ0v) is 16.8. The monoisotopic (exact) mass is 373 g/mol. The van der Waals surface area contributed by atoms with Gasteiger partial charge in [0.2, 0.25) is 0 Å². The van der Waals surface area contributed by atoms with Gasteiger partial charge in [-0.15, -0.1) is 11.3 Å². The number of carbonyl (C=O) groups is 1. The average Bonchev–Trinajstić information content (AvgIpc) is 3.02. The lowest BCUT2D eigenvalue weighted by Gasteiger charge is -2.35. The molecule has 2 aromatic heterocycles. The molecule has 0 radical (unpaired) electrons. The molecular weight excluding hydrogens is 346 g/mol. The molecule has 2 aromatic rings. The van der Waals surface area contributed by atoms with Gasteiger partial charge in [0.1, 0.15) is 4.88 Å².